The highest BCUT2D eigenvalue weighted by atomic mass is 16.5. The maximum atomic E-state index is 12.7. The third kappa shape index (κ3) is 2.14. The zero-order chi connectivity index (χ0) is 17.7. The minimum Gasteiger partial charge on any atom is -0.468 e. The topological polar surface area (TPSA) is 72.6 Å². The van der Waals surface area contributed by atoms with E-state index in [9.17, 15) is 9.59 Å². The first-order chi connectivity index (χ1) is 12.0. The normalized spacial score (nSPS) is 12.9. The van der Waals surface area contributed by atoms with Crippen molar-refractivity contribution in [2.24, 2.45) is 0 Å². The number of nitrogens with zero attached hydrogens (tertiary/aromatic N) is 2. The number of methoxy groups -OCH3 is 1. The van der Waals surface area contributed by atoms with Crippen LogP contribution in [0.3, 0.4) is 0 Å². The Labute approximate surface area is 144 Å². The lowest BCUT2D eigenvalue weighted by atomic mass is 9.95. The van der Waals surface area contributed by atoms with Crippen molar-refractivity contribution in [3.8, 4) is 11.1 Å². The van der Waals surface area contributed by atoms with Crippen LogP contribution in [0, 0.1) is 13.8 Å². The van der Waals surface area contributed by atoms with E-state index in [0.29, 0.717) is 5.56 Å². The summed E-state index contributed by atoms with van der Waals surface area (Å²) in [5.74, 6) is 0.0833. The Morgan fingerprint density at radius 2 is 2.00 bits per heavy atom. The first-order valence-electron chi connectivity index (χ1n) is 7.90. The van der Waals surface area contributed by atoms with Crippen LogP contribution in [0.4, 0.5) is 5.69 Å². The highest BCUT2D eigenvalue weighted by Crippen LogP contribution is 2.42. The fourth-order valence-electron chi connectivity index (χ4n) is 3.48. The zero-order valence-electron chi connectivity index (χ0n) is 14.1. The fraction of sp³-hybridized carbons (Fsp3) is 0.211. The minimum atomic E-state index is -0.455. The molecule has 0 N–H and O–H groups in total. The van der Waals surface area contributed by atoms with Gasteiger partial charge in [-0.25, -0.2) is 0 Å². The molecule has 4 rings (SSSR count). The van der Waals surface area contributed by atoms with Crippen LogP contribution in [0.5, 0.6) is 0 Å². The van der Waals surface area contributed by atoms with Gasteiger partial charge in [-0.15, -0.1) is 0 Å². The second kappa shape index (κ2) is 5.44. The van der Waals surface area contributed by atoms with Crippen molar-refractivity contribution < 1.29 is 18.8 Å². The second-order valence-corrected chi connectivity index (χ2v) is 6.03. The van der Waals surface area contributed by atoms with E-state index in [1.165, 1.54) is 12.0 Å². The van der Waals surface area contributed by atoms with Crippen molar-refractivity contribution in [2.45, 2.75) is 13.8 Å². The number of aryl methyl sites for hydroxylation is 2. The van der Waals surface area contributed by atoms with Gasteiger partial charge < -0.3 is 9.26 Å². The quantitative estimate of drug-likeness (QED) is 0.687. The molecular formula is C19H16N2O4. The zero-order valence-corrected chi connectivity index (χ0v) is 14.1. The van der Waals surface area contributed by atoms with Crippen LogP contribution in [0.15, 0.2) is 34.9 Å². The Morgan fingerprint density at radius 3 is 2.68 bits per heavy atom. The van der Waals surface area contributed by atoms with E-state index >= 15 is 0 Å². The number of hydrogen-bond donors (Lipinski definition) is 0. The van der Waals surface area contributed by atoms with Gasteiger partial charge in [0, 0.05) is 16.5 Å². The number of amides is 1. The third-order valence-corrected chi connectivity index (χ3v) is 4.60. The van der Waals surface area contributed by atoms with Crippen LogP contribution in [-0.2, 0) is 9.53 Å². The van der Waals surface area contributed by atoms with E-state index in [1.54, 1.807) is 6.07 Å². The molecular weight excluding hydrogens is 320 g/mol. The average Bonchev–Trinajstić information content (AvgIpc) is 3.08. The van der Waals surface area contributed by atoms with Crippen LogP contribution in [0.25, 0.3) is 21.9 Å². The van der Waals surface area contributed by atoms with Crippen molar-refractivity contribution >= 4 is 28.3 Å². The first kappa shape index (κ1) is 15.4. The lowest BCUT2D eigenvalue weighted by molar-refractivity contribution is -0.138. The van der Waals surface area contributed by atoms with Crippen molar-refractivity contribution in [2.75, 3.05) is 18.6 Å². The number of ether oxygens (including phenoxy) is 1. The van der Waals surface area contributed by atoms with E-state index in [-0.39, 0.29) is 12.5 Å². The molecule has 0 aliphatic carbocycles. The lowest BCUT2D eigenvalue weighted by Gasteiger charge is -2.16. The number of rotatable bonds is 3. The van der Waals surface area contributed by atoms with Gasteiger partial charge in [0.25, 0.3) is 5.91 Å². The fourth-order valence-corrected chi connectivity index (χ4v) is 3.48. The molecule has 0 fully saturated rings. The molecule has 1 aromatic heterocycles. The molecule has 0 unspecified atom stereocenters. The third-order valence-electron chi connectivity index (χ3n) is 4.60. The molecule has 1 amide bonds. The SMILES string of the molecule is COC(=O)CN1C(=O)c2cccc3c(-c4c(C)noc4C)ccc1c23. The van der Waals surface area contributed by atoms with E-state index in [1.807, 2.05) is 38.1 Å². The van der Waals surface area contributed by atoms with Gasteiger partial charge in [-0.3, -0.25) is 14.5 Å². The maximum absolute atomic E-state index is 12.7. The van der Waals surface area contributed by atoms with Crippen LogP contribution in [-0.4, -0.2) is 30.7 Å². The summed E-state index contributed by atoms with van der Waals surface area (Å²) in [5, 5.41) is 5.80. The highest BCUT2D eigenvalue weighted by molar-refractivity contribution is 6.27. The number of anilines is 1. The summed E-state index contributed by atoms with van der Waals surface area (Å²) in [6, 6.07) is 9.40. The number of aromatic nitrogens is 1. The van der Waals surface area contributed by atoms with Gasteiger partial charge in [-0.1, -0.05) is 23.4 Å². The summed E-state index contributed by atoms with van der Waals surface area (Å²) >= 11 is 0. The van der Waals surface area contributed by atoms with Crippen molar-refractivity contribution in [1.29, 1.82) is 0 Å². The summed E-state index contributed by atoms with van der Waals surface area (Å²) < 4.78 is 10.0. The van der Waals surface area contributed by atoms with Crippen molar-refractivity contribution in [3.63, 3.8) is 0 Å². The number of carbonyl (C=O) groups excluding carboxylic acids is 2. The molecule has 0 saturated heterocycles. The summed E-state index contributed by atoms with van der Waals surface area (Å²) in [6.45, 7) is 3.65. The molecule has 6 heteroatoms. The van der Waals surface area contributed by atoms with Crippen LogP contribution in [0.1, 0.15) is 21.8 Å². The van der Waals surface area contributed by atoms with Gasteiger partial charge in [0.15, 0.2) is 0 Å². The van der Waals surface area contributed by atoms with Crippen molar-refractivity contribution in [1.82, 2.24) is 5.16 Å². The predicted molar refractivity (Wildman–Crippen MR) is 92.6 cm³/mol. The average molecular weight is 336 g/mol. The van der Waals surface area contributed by atoms with E-state index < -0.39 is 5.97 Å². The van der Waals surface area contributed by atoms with E-state index in [0.717, 1.165) is 39.0 Å². The number of benzene rings is 2. The Balaban J connectivity index is 1.97. The molecule has 0 atom stereocenters. The van der Waals surface area contributed by atoms with Gasteiger partial charge in [0.05, 0.1) is 18.5 Å². The molecule has 0 radical (unpaired) electrons. The van der Waals surface area contributed by atoms with Crippen LogP contribution < -0.4 is 4.90 Å². The number of hydrogen-bond acceptors (Lipinski definition) is 5. The smallest absolute Gasteiger partial charge is 0.325 e. The van der Waals surface area contributed by atoms with Gasteiger partial charge in [-0.2, -0.15) is 0 Å². The maximum Gasteiger partial charge on any atom is 0.325 e. The lowest BCUT2D eigenvalue weighted by Crippen LogP contribution is -2.33. The molecule has 0 spiro atoms. The molecule has 1 aliphatic rings. The molecule has 25 heavy (non-hydrogen) atoms. The molecule has 0 bridgehead atoms. The molecule has 126 valence electrons. The van der Waals surface area contributed by atoms with E-state index in [4.69, 9.17) is 9.26 Å². The number of carbonyl (C=O) groups is 2. The Bertz CT molecular complexity index is 1020. The van der Waals surface area contributed by atoms with Gasteiger partial charge in [0.1, 0.15) is 12.3 Å². The minimum absolute atomic E-state index is 0.107. The molecule has 1 aliphatic heterocycles. The van der Waals surface area contributed by atoms with Gasteiger partial charge >= 0.3 is 5.97 Å². The molecule has 6 nitrogen and oxygen atoms in total. The van der Waals surface area contributed by atoms with Crippen LogP contribution >= 0.6 is 0 Å². The van der Waals surface area contributed by atoms with E-state index in [2.05, 4.69) is 5.16 Å². The molecule has 0 saturated carbocycles. The Hall–Kier alpha value is -3.15. The summed E-state index contributed by atoms with van der Waals surface area (Å²) in [5.41, 5.74) is 4.00. The Morgan fingerprint density at radius 1 is 1.20 bits per heavy atom. The highest BCUT2D eigenvalue weighted by Gasteiger charge is 2.32. The van der Waals surface area contributed by atoms with Crippen molar-refractivity contribution in [3.05, 3.63) is 47.3 Å². The van der Waals surface area contributed by atoms with Gasteiger partial charge in [0.2, 0.25) is 0 Å². The molecule has 3 aromatic rings. The standard InChI is InChI=1S/C19H16N2O4/c1-10-17(11(2)25-20-10)13-7-8-15-18-12(13)5-4-6-14(18)19(23)21(15)9-16(22)24-3/h4-8H,9H2,1-3H3. The Kier molecular flexibility index (Phi) is 3.35. The van der Waals surface area contributed by atoms with Gasteiger partial charge in [-0.05, 0) is 36.9 Å². The summed E-state index contributed by atoms with van der Waals surface area (Å²) in [7, 11) is 1.31. The molecule has 2 aromatic carbocycles. The monoisotopic (exact) mass is 336 g/mol. The second-order valence-electron chi connectivity index (χ2n) is 6.03. The summed E-state index contributed by atoms with van der Waals surface area (Å²) in [4.78, 5) is 25.9. The summed E-state index contributed by atoms with van der Waals surface area (Å²) in [6.07, 6.45) is 0. The number of esters is 1. The predicted octanol–water partition coefficient (Wildman–Crippen LogP) is 3.24. The first-order valence-corrected chi connectivity index (χ1v) is 7.90. The van der Waals surface area contributed by atoms with Crippen LogP contribution in [0.2, 0.25) is 0 Å². The molecule has 2 heterocycles. The largest absolute Gasteiger partial charge is 0.468 e.